The van der Waals surface area contributed by atoms with Crippen molar-refractivity contribution in [3.8, 4) is 11.5 Å². The first-order valence-electron chi connectivity index (χ1n) is 12.0. The van der Waals surface area contributed by atoms with Crippen molar-refractivity contribution in [2.75, 3.05) is 7.11 Å². The molecule has 0 aromatic heterocycles. The van der Waals surface area contributed by atoms with Gasteiger partial charge in [0.2, 0.25) is 0 Å². The Bertz CT molecular complexity index is 1270. The van der Waals surface area contributed by atoms with Crippen LogP contribution in [0.1, 0.15) is 66.2 Å². The zero-order valence-electron chi connectivity index (χ0n) is 21.8. The minimum atomic E-state index is -0.859. The average Bonchev–Trinajstić information content (AvgIpc) is 3.24. The van der Waals surface area contributed by atoms with Crippen molar-refractivity contribution in [2.45, 2.75) is 60.1 Å². The number of rotatable bonds is 11. The Hall–Kier alpha value is -3.94. The van der Waals surface area contributed by atoms with E-state index in [0.717, 1.165) is 22.3 Å². The smallest absolute Gasteiger partial charge is 0.342 e. The SMILES string of the molecule is COc1c(C)c2c(c(O/C(C)=C/C(C)=NCc3ccc(F)cc3)c1CC=C(C)CCC(=O)O)C(=O)OC2. The minimum Gasteiger partial charge on any atom is -0.496 e. The number of nitrogens with zero attached hydrogens (tertiary/aromatic N) is 1. The van der Waals surface area contributed by atoms with Gasteiger partial charge in [0.05, 0.1) is 13.7 Å². The van der Waals surface area contributed by atoms with Crippen LogP contribution in [-0.2, 0) is 29.1 Å². The highest BCUT2D eigenvalue weighted by atomic mass is 19.1. The predicted molar refractivity (Wildman–Crippen MR) is 139 cm³/mol. The van der Waals surface area contributed by atoms with E-state index in [0.29, 0.717) is 53.5 Å². The van der Waals surface area contributed by atoms with Crippen LogP contribution < -0.4 is 9.47 Å². The van der Waals surface area contributed by atoms with E-state index in [1.165, 1.54) is 12.1 Å². The summed E-state index contributed by atoms with van der Waals surface area (Å²) in [5, 5.41) is 8.98. The number of aliphatic carboxylic acids is 1. The fourth-order valence-corrected chi connectivity index (χ4v) is 4.14. The van der Waals surface area contributed by atoms with Crippen LogP contribution in [0.4, 0.5) is 4.39 Å². The number of halogens is 1. The maximum absolute atomic E-state index is 13.1. The van der Waals surface area contributed by atoms with Crippen molar-refractivity contribution in [3.05, 3.63) is 81.4 Å². The molecule has 0 radical (unpaired) electrons. The Kier molecular flexibility index (Phi) is 9.22. The summed E-state index contributed by atoms with van der Waals surface area (Å²) in [5.41, 5.74) is 5.07. The molecule has 0 aliphatic carbocycles. The van der Waals surface area contributed by atoms with Crippen LogP contribution in [0.3, 0.4) is 0 Å². The summed E-state index contributed by atoms with van der Waals surface area (Å²) in [4.78, 5) is 28.2. The lowest BCUT2D eigenvalue weighted by Crippen LogP contribution is -2.08. The van der Waals surface area contributed by atoms with E-state index in [1.807, 2.05) is 26.8 Å². The number of carbonyl (C=O) groups excluding carboxylic acids is 1. The van der Waals surface area contributed by atoms with Gasteiger partial charge in [-0.15, -0.1) is 0 Å². The summed E-state index contributed by atoms with van der Waals surface area (Å²) in [6.07, 6.45) is 4.53. The number of hydrogen-bond acceptors (Lipinski definition) is 6. The third-order valence-corrected chi connectivity index (χ3v) is 6.11. The second-order valence-electron chi connectivity index (χ2n) is 8.99. The van der Waals surface area contributed by atoms with Crippen molar-refractivity contribution < 1.29 is 33.3 Å². The Balaban J connectivity index is 1.95. The third kappa shape index (κ3) is 7.06. The van der Waals surface area contributed by atoms with Gasteiger partial charge in [-0.25, -0.2) is 9.18 Å². The van der Waals surface area contributed by atoms with E-state index in [2.05, 4.69) is 4.99 Å². The molecule has 0 amide bonds. The van der Waals surface area contributed by atoms with Crippen LogP contribution in [0.2, 0.25) is 0 Å². The number of esters is 1. The first-order valence-corrected chi connectivity index (χ1v) is 12.0. The molecule has 1 aliphatic heterocycles. The van der Waals surface area contributed by atoms with E-state index in [4.69, 9.17) is 19.3 Å². The quantitative estimate of drug-likeness (QED) is 0.170. The minimum absolute atomic E-state index is 0.0384. The van der Waals surface area contributed by atoms with Gasteiger partial charge in [0, 0.05) is 23.3 Å². The molecule has 37 heavy (non-hydrogen) atoms. The molecule has 1 heterocycles. The van der Waals surface area contributed by atoms with Gasteiger partial charge < -0.3 is 19.3 Å². The molecule has 0 unspecified atom stereocenters. The van der Waals surface area contributed by atoms with Gasteiger partial charge in [-0.2, -0.15) is 0 Å². The number of ether oxygens (including phenoxy) is 3. The average molecular weight is 510 g/mol. The highest BCUT2D eigenvalue weighted by molar-refractivity contribution is 5.98. The Morgan fingerprint density at radius 1 is 1.16 bits per heavy atom. The fraction of sp³-hybridized carbons (Fsp3) is 0.345. The molecular formula is C29H32FNO6. The lowest BCUT2D eigenvalue weighted by Gasteiger charge is -2.19. The summed E-state index contributed by atoms with van der Waals surface area (Å²) in [7, 11) is 1.57. The van der Waals surface area contributed by atoms with Gasteiger partial charge in [0.15, 0.2) is 0 Å². The summed E-state index contributed by atoms with van der Waals surface area (Å²) < 4.78 is 30.4. The molecule has 7 nitrogen and oxygen atoms in total. The van der Waals surface area contributed by atoms with Crippen molar-refractivity contribution in [3.63, 3.8) is 0 Å². The number of benzene rings is 2. The number of fused-ring (bicyclic) bond motifs is 1. The second-order valence-corrected chi connectivity index (χ2v) is 8.99. The molecule has 1 aliphatic rings. The van der Waals surface area contributed by atoms with E-state index < -0.39 is 11.9 Å². The standard InChI is InChI=1S/C29H32FNO6/c1-17(7-13-25(32)33)6-12-23-27(35-5)20(4)24-16-36-29(34)26(24)28(23)37-19(3)14-18(2)31-15-21-8-10-22(30)11-9-21/h6,8-11,14H,7,12-13,15-16H2,1-5H3,(H,32,33)/b17-6?,19-14+,31-18?. The lowest BCUT2D eigenvalue weighted by molar-refractivity contribution is -0.136. The molecule has 3 rings (SSSR count). The zero-order valence-corrected chi connectivity index (χ0v) is 21.8. The number of hydrogen-bond donors (Lipinski definition) is 1. The number of cyclic esters (lactones) is 1. The van der Waals surface area contributed by atoms with Crippen molar-refractivity contribution in [1.29, 1.82) is 0 Å². The maximum Gasteiger partial charge on any atom is 0.342 e. The van der Waals surface area contributed by atoms with Crippen molar-refractivity contribution in [2.24, 2.45) is 4.99 Å². The zero-order chi connectivity index (χ0) is 27.1. The highest BCUT2D eigenvalue weighted by Crippen LogP contribution is 2.43. The van der Waals surface area contributed by atoms with Gasteiger partial charge in [0.25, 0.3) is 0 Å². The van der Waals surface area contributed by atoms with Gasteiger partial charge >= 0.3 is 11.9 Å². The van der Waals surface area contributed by atoms with E-state index in [1.54, 1.807) is 32.2 Å². The number of allylic oxidation sites excluding steroid dienone is 4. The summed E-state index contributed by atoms with van der Waals surface area (Å²) in [6.45, 7) is 7.89. The summed E-state index contributed by atoms with van der Waals surface area (Å²) in [5.74, 6) is -0.135. The molecule has 0 saturated carbocycles. The topological polar surface area (TPSA) is 94.4 Å². The number of carboxylic acids is 1. The summed E-state index contributed by atoms with van der Waals surface area (Å²) >= 11 is 0. The van der Waals surface area contributed by atoms with Crippen LogP contribution in [-0.4, -0.2) is 29.9 Å². The normalized spacial score (nSPS) is 13.9. The molecule has 0 bridgehead atoms. The molecule has 2 aromatic carbocycles. The fourth-order valence-electron chi connectivity index (χ4n) is 4.14. The predicted octanol–water partition coefficient (Wildman–Crippen LogP) is 6.11. The Morgan fingerprint density at radius 2 is 1.86 bits per heavy atom. The van der Waals surface area contributed by atoms with Crippen LogP contribution in [0.15, 0.2) is 52.7 Å². The summed E-state index contributed by atoms with van der Waals surface area (Å²) in [6, 6.07) is 6.16. The number of aliphatic imine (C=N–C) groups is 1. The maximum atomic E-state index is 13.1. The molecule has 8 heteroatoms. The van der Waals surface area contributed by atoms with E-state index in [-0.39, 0.29) is 18.8 Å². The van der Waals surface area contributed by atoms with Crippen LogP contribution in [0.5, 0.6) is 11.5 Å². The molecule has 0 spiro atoms. The molecular weight excluding hydrogens is 477 g/mol. The molecule has 2 aromatic rings. The van der Waals surface area contributed by atoms with Crippen LogP contribution >= 0.6 is 0 Å². The number of methoxy groups -OCH3 is 1. The van der Waals surface area contributed by atoms with Gasteiger partial charge in [-0.05, 0) is 69.9 Å². The highest BCUT2D eigenvalue weighted by Gasteiger charge is 2.33. The number of carboxylic acid groups (broad SMARTS) is 1. The lowest BCUT2D eigenvalue weighted by atomic mass is 9.94. The largest absolute Gasteiger partial charge is 0.496 e. The van der Waals surface area contributed by atoms with Crippen molar-refractivity contribution in [1.82, 2.24) is 0 Å². The van der Waals surface area contributed by atoms with E-state index >= 15 is 0 Å². The van der Waals surface area contributed by atoms with Gasteiger partial charge in [0.1, 0.15) is 35.2 Å². The monoisotopic (exact) mass is 509 g/mol. The second kappa shape index (κ2) is 12.3. The van der Waals surface area contributed by atoms with Gasteiger partial charge in [-0.3, -0.25) is 9.79 Å². The molecule has 0 atom stereocenters. The van der Waals surface area contributed by atoms with Crippen LogP contribution in [0, 0.1) is 12.7 Å². The molecule has 196 valence electrons. The van der Waals surface area contributed by atoms with E-state index in [9.17, 15) is 14.0 Å². The molecule has 0 fully saturated rings. The Labute approximate surface area is 216 Å². The van der Waals surface area contributed by atoms with Crippen molar-refractivity contribution >= 4 is 17.7 Å². The molecule has 1 N–H and O–H groups in total. The molecule has 0 saturated heterocycles. The number of carbonyl (C=O) groups is 2. The van der Waals surface area contributed by atoms with Gasteiger partial charge in [-0.1, -0.05) is 23.8 Å². The first-order chi connectivity index (χ1) is 17.6. The van der Waals surface area contributed by atoms with Crippen LogP contribution in [0.25, 0.3) is 0 Å². The first kappa shape index (κ1) is 27.6. The Morgan fingerprint density at radius 3 is 2.51 bits per heavy atom. The third-order valence-electron chi connectivity index (χ3n) is 6.11.